The van der Waals surface area contributed by atoms with Crippen LogP contribution in [-0.2, 0) is 11.3 Å². The van der Waals surface area contributed by atoms with E-state index in [4.69, 9.17) is 9.47 Å². The number of hydrogen-bond donors (Lipinski definition) is 0. The zero-order valence-corrected chi connectivity index (χ0v) is 15.4. The van der Waals surface area contributed by atoms with Gasteiger partial charge in [-0.1, -0.05) is 0 Å². The van der Waals surface area contributed by atoms with Crippen LogP contribution in [0.25, 0.3) is 16.7 Å². The van der Waals surface area contributed by atoms with Gasteiger partial charge >= 0.3 is 6.09 Å². The van der Waals surface area contributed by atoms with E-state index in [2.05, 4.69) is 10.1 Å². The molecule has 0 aliphatic carbocycles. The molecule has 0 radical (unpaired) electrons. The molecule has 5 rings (SSSR count). The molecule has 0 bridgehead atoms. The van der Waals surface area contributed by atoms with Gasteiger partial charge in [0.2, 0.25) is 5.88 Å². The number of carbonyl (C=O) groups is 1. The van der Waals surface area contributed by atoms with Crippen LogP contribution >= 0.6 is 0 Å². The predicted octanol–water partition coefficient (Wildman–Crippen LogP) is 3.36. The van der Waals surface area contributed by atoms with E-state index in [9.17, 15) is 9.18 Å². The molecule has 0 N–H and O–H groups in total. The number of carbonyl (C=O) groups excluding carboxylic acids is 1. The topological polar surface area (TPSA) is 69.5 Å². The van der Waals surface area contributed by atoms with Gasteiger partial charge in [-0.3, -0.25) is 0 Å². The highest BCUT2D eigenvalue weighted by Crippen LogP contribution is 2.31. The largest absolute Gasteiger partial charge is 0.416 e. The van der Waals surface area contributed by atoms with Crippen LogP contribution in [0.3, 0.4) is 0 Å². The lowest BCUT2D eigenvalue weighted by atomic mass is 10.1. The predicted molar refractivity (Wildman–Crippen MR) is 99.0 cm³/mol. The normalized spacial score (nSPS) is 19.1. The lowest BCUT2D eigenvalue weighted by Crippen LogP contribution is -2.41. The second kappa shape index (κ2) is 6.56. The van der Waals surface area contributed by atoms with E-state index < -0.39 is 6.09 Å². The van der Waals surface area contributed by atoms with Crippen LogP contribution in [0.15, 0.2) is 30.3 Å². The fourth-order valence-corrected chi connectivity index (χ4v) is 3.76. The zero-order chi connectivity index (χ0) is 19.3. The molecule has 1 amide bonds. The Bertz CT molecular complexity index is 1060. The van der Waals surface area contributed by atoms with Gasteiger partial charge in [0.1, 0.15) is 5.82 Å². The highest BCUT2D eigenvalue weighted by molar-refractivity contribution is 5.83. The Hall–Kier alpha value is -3.00. The lowest BCUT2D eigenvalue weighted by Gasteiger charge is -2.29. The number of rotatable bonds is 3. The van der Waals surface area contributed by atoms with Gasteiger partial charge in [-0.2, -0.15) is 10.1 Å². The molecule has 0 spiro atoms. The summed E-state index contributed by atoms with van der Waals surface area (Å²) >= 11 is 0. The molecule has 3 aromatic rings. The molecule has 1 fully saturated rings. The van der Waals surface area contributed by atoms with Crippen molar-refractivity contribution >= 4 is 17.1 Å². The maximum Gasteiger partial charge on any atom is 0.416 e. The van der Waals surface area contributed by atoms with Crippen molar-refractivity contribution in [3.05, 3.63) is 47.4 Å². The van der Waals surface area contributed by atoms with Gasteiger partial charge in [0, 0.05) is 17.6 Å². The van der Waals surface area contributed by atoms with Crippen molar-refractivity contribution in [2.45, 2.75) is 32.4 Å². The maximum absolute atomic E-state index is 13.3. The molecule has 28 heavy (non-hydrogen) atoms. The third-order valence-corrected chi connectivity index (χ3v) is 5.20. The SMILES string of the molecule is Cc1nn(-c2ccc(F)cc2)c2nc3c(cc12)CN(CC1CCCO1)C(=O)O3. The van der Waals surface area contributed by atoms with Crippen molar-refractivity contribution in [2.24, 2.45) is 0 Å². The minimum atomic E-state index is -0.417. The summed E-state index contributed by atoms with van der Waals surface area (Å²) in [5.74, 6) is -0.0214. The monoisotopic (exact) mass is 382 g/mol. The van der Waals surface area contributed by atoms with Crippen LogP contribution in [0.4, 0.5) is 9.18 Å². The number of hydrogen-bond acceptors (Lipinski definition) is 5. The maximum atomic E-state index is 13.3. The summed E-state index contributed by atoms with van der Waals surface area (Å²) in [6.45, 7) is 3.59. The first kappa shape index (κ1) is 17.1. The number of halogens is 1. The van der Waals surface area contributed by atoms with Crippen LogP contribution in [0.2, 0.25) is 0 Å². The van der Waals surface area contributed by atoms with Gasteiger partial charge < -0.3 is 14.4 Å². The summed E-state index contributed by atoms with van der Waals surface area (Å²) in [5.41, 5.74) is 2.90. The van der Waals surface area contributed by atoms with Crippen molar-refractivity contribution in [2.75, 3.05) is 13.2 Å². The van der Waals surface area contributed by atoms with Crippen molar-refractivity contribution in [3.8, 4) is 11.6 Å². The smallest absolute Gasteiger partial charge is 0.391 e. The average molecular weight is 382 g/mol. The molecule has 0 saturated carbocycles. The number of pyridine rings is 1. The molecule has 4 heterocycles. The van der Waals surface area contributed by atoms with Crippen molar-refractivity contribution in [3.63, 3.8) is 0 Å². The van der Waals surface area contributed by atoms with Gasteiger partial charge in [0.25, 0.3) is 0 Å². The molecule has 2 aliphatic heterocycles. The van der Waals surface area contributed by atoms with Crippen molar-refractivity contribution in [1.82, 2.24) is 19.7 Å². The molecule has 8 heteroatoms. The molecule has 2 aromatic heterocycles. The summed E-state index contributed by atoms with van der Waals surface area (Å²) in [7, 11) is 0. The Morgan fingerprint density at radius 2 is 2.11 bits per heavy atom. The summed E-state index contributed by atoms with van der Waals surface area (Å²) < 4.78 is 26.0. The Balaban J connectivity index is 1.52. The van der Waals surface area contributed by atoms with Crippen LogP contribution in [0.1, 0.15) is 24.1 Å². The third-order valence-electron chi connectivity index (χ3n) is 5.20. The summed E-state index contributed by atoms with van der Waals surface area (Å²) in [5, 5.41) is 5.41. The Labute approximate surface area is 160 Å². The van der Waals surface area contributed by atoms with E-state index in [0.717, 1.165) is 36.1 Å². The first-order valence-electron chi connectivity index (χ1n) is 9.32. The number of amides is 1. The van der Waals surface area contributed by atoms with E-state index in [1.165, 1.54) is 12.1 Å². The Morgan fingerprint density at radius 3 is 2.86 bits per heavy atom. The molecule has 1 aromatic carbocycles. The molecule has 1 unspecified atom stereocenters. The van der Waals surface area contributed by atoms with Crippen LogP contribution < -0.4 is 4.74 Å². The Kier molecular flexibility index (Phi) is 4.01. The number of aromatic nitrogens is 3. The van der Waals surface area contributed by atoms with E-state index in [-0.39, 0.29) is 11.9 Å². The first-order valence-corrected chi connectivity index (χ1v) is 9.32. The van der Waals surface area contributed by atoms with Gasteiger partial charge in [-0.05, 0) is 50.1 Å². The summed E-state index contributed by atoms with van der Waals surface area (Å²) in [6.07, 6.45) is 1.62. The summed E-state index contributed by atoms with van der Waals surface area (Å²) in [6, 6.07) is 7.99. The van der Waals surface area contributed by atoms with E-state index in [1.54, 1.807) is 21.7 Å². The van der Waals surface area contributed by atoms with Crippen molar-refractivity contribution < 1.29 is 18.7 Å². The Morgan fingerprint density at radius 1 is 1.29 bits per heavy atom. The van der Waals surface area contributed by atoms with Crippen LogP contribution in [0, 0.1) is 12.7 Å². The van der Waals surface area contributed by atoms with Gasteiger partial charge in [0.15, 0.2) is 5.65 Å². The molecule has 1 atom stereocenters. The van der Waals surface area contributed by atoms with Crippen LogP contribution in [0.5, 0.6) is 5.88 Å². The number of nitrogens with zero attached hydrogens (tertiary/aromatic N) is 4. The number of benzene rings is 1. The van der Waals surface area contributed by atoms with Gasteiger partial charge in [-0.25, -0.2) is 13.9 Å². The fourth-order valence-electron chi connectivity index (χ4n) is 3.76. The minimum Gasteiger partial charge on any atom is -0.391 e. The van der Waals surface area contributed by atoms with Gasteiger partial charge in [-0.15, -0.1) is 0 Å². The standard InChI is InChI=1S/C20H19FN4O3/c1-12-17-9-13-10-24(11-16-3-2-8-27-16)20(26)28-19(13)22-18(17)25(23-12)15-6-4-14(21)5-7-15/h4-7,9,16H,2-3,8,10-11H2,1H3. The molecule has 2 aliphatic rings. The highest BCUT2D eigenvalue weighted by atomic mass is 19.1. The van der Waals surface area contributed by atoms with E-state index in [1.807, 2.05) is 13.0 Å². The van der Waals surface area contributed by atoms with E-state index >= 15 is 0 Å². The third kappa shape index (κ3) is 2.90. The molecule has 1 saturated heterocycles. The second-order valence-electron chi connectivity index (χ2n) is 7.18. The van der Waals surface area contributed by atoms with Gasteiger partial charge in [0.05, 0.1) is 30.6 Å². The number of aryl methyl sites for hydroxylation is 1. The van der Waals surface area contributed by atoms with Crippen LogP contribution in [-0.4, -0.2) is 45.0 Å². The average Bonchev–Trinajstić information content (AvgIpc) is 3.30. The summed E-state index contributed by atoms with van der Waals surface area (Å²) in [4.78, 5) is 18.6. The first-order chi connectivity index (χ1) is 13.6. The minimum absolute atomic E-state index is 0.0637. The number of fused-ring (bicyclic) bond motifs is 2. The van der Waals surface area contributed by atoms with Crippen molar-refractivity contribution in [1.29, 1.82) is 0 Å². The molecular formula is C20H19FN4O3. The molecular weight excluding hydrogens is 363 g/mol. The molecule has 7 nitrogen and oxygen atoms in total. The van der Waals surface area contributed by atoms with E-state index in [0.29, 0.717) is 30.3 Å². The quantitative estimate of drug-likeness (QED) is 0.695. The number of ether oxygens (including phenoxy) is 2. The fraction of sp³-hybridized carbons (Fsp3) is 0.350. The highest BCUT2D eigenvalue weighted by Gasteiger charge is 2.30. The molecule has 144 valence electrons. The lowest BCUT2D eigenvalue weighted by molar-refractivity contribution is 0.0641. The second-order valence-corrected chi connectivity index (χ2v) is 7.18. The zero-order valence-electron chi connectivity index (χ0n) is 15.4.